The molecule has 0 aromatic heterocycles. The van der Waals surface area contributed by atoms with Gasteiger partial charge in [-0.15, -0.1) is 0 Å². The van der Waals surface area contributed by atoms with E-state index in [0.717, 1.165) is 63.6 Å². The highest BCUT2D eigenvalue weighted by atomic mass is 19.1. The Balaban J connectivity index is 1.47. The lowest BCUT2D eigenvalue weighted by atomic mass is 9.76. The fourth-order valence-corrected chi connectivity index (χ4v) is 5.31. The maximum atomic E-state index is 13.5. The molecule has 4 atom stereocenters. The first kappa shape index (κ1) is 23.9. The minimum atomic E-state index is -0.111. The van der Waals surface area contributed by atoms with Crippen molar-refractivity contribution in [2.45, 2.75) is 65.7 Å². The highest BCUT2D eigenvalue weighted by Crippen LogP contribution is 2.35. The predicted octanol–water partition coefficient (Wildman–Crippen LogP) is 7.34. The van der Waals surface area contributed by atoms with Crippen molar-refractivity contribution >= 4 is 0 Å². The summed E-state index contributed by atoms with van der Waals surface area (Å²) < 4.78 is 26.2. The number of hydrogen-bond acceptors (Lipinski definition) is 1. The highest BCUT2D eigenvalue weighted by molar-refractivity contribution is 5.35. The van der Waals surface area contributed by atoms with E-state index in [2.05, 4.69) is 38.2 Å². The predicted molar refractivity (Wildman–Crippen MR) is 127 cm³/mol. The van der Waals surface area contributed by atoms with Gasteiger partial charge < -0.3 is 5.32 Å². The molecule has 4 unspecified atom stereocenters. The topological polar surface area (TPSA) is 12.0 Å². The largest absolute Gasteiger partial charge is 0.316 e. The summed E-state index contributed by atoms with van der Waals surface area (Å²) in [6.45, 7) is 8.91. The summed E-state index contributed by atoms with van der Waals surface area (Å²) in [5.74, 6) is 2.41. The number of aryl methyl sites for hydroxylation is 1. The van der Waals surface area contributed by atoms with E-state index in [1.165, 1.54) is 16.7 Å². The second kappa shape index (κ2) is 11.8. The van der Waals surface area contributed by atoms with Crippen LogP contribution in [-0.2, 0) is 12.8 Å². The maximum Gasteiger partial charge on any atom is 0.123 e. The summed E-state index contributed by atoms with van der Waals surface area (Å²) in [7, 11) is 0. The zero-order chi connectivity index (χ0) is 22.2. The van der Waals surface area contributed by atoms with E-state index in [0.29, 0.717) is 30.0 Å². The fraction of sp³-hybridized carbons (Fsp3) is 0.571. The van der Waals surface area contributed by atoms with Gasteiger partial charge in [-0.2, -0.15) is 0 Å². The molecule has 1 N–H and O–H groups in total. The molecule has 1 nitrogen and oxygen atoms in total. The molecule has 0 spiro atoms. The van der Waals surface area contributed by atoms with E-state index in [-0.39, 0.29) is 5.82 Å². The van der Waals surface area contributed by atoms with Crippen molar-refractivity contribution in [2.75, 3.05) is 13.1 Å². The van der Waals surface area contributed by atoms with E-state index >= 15 is 0 Å². The molecule has 0 amide bonds. The van der Waals surface area contributed by atoms with Crippen molar-refractivity contribution in [2.24, 2.45) is 23.7 Å². The van der Waals surface area contributed by atoms with Crippen molar-refractivity contribution in [3.63, 3.8) is 0 Å². The minimum Gasteiger partial charge on any atom is -0.316 e. The van der Waals surface area contributed by atoms with E-state index in [1.807, 2.05) is 6.07 Å². The first-order chi connectivity index (χ1) is 15.0. The Labute approximate surface area is 187 Å². The average Bonchev–Trinajstić information content (AvgIpc) is 2.78. The Hall–Kier alpha value is -1.74. The molecular formula is C28H39F2N. The zero-order valence-corrected chi connectivity index (χ0v) is 19.5. The first-order valence-electron chi connectivity index (χ1n) is 12.1. The Kier molecular flexibility index (Phi) is 9.07. The van der Waals surface area contributed by atoms with Crippen LogP contribution in [0.15, 0.2) is 53.9 Å². The third-order valence-electron chi connectivity index (χ3n) is 7.47. The van der Waals surface area contributed by atoms with Crippen LogP contribution in [0.25, 0.3) is 0 Å². The Morgan fingerprint density at radius 2 is 1.68 bits per heavy atom. The van der Waals surface area contributed by atoms with Gasteiger partial charge in [-0.25, -0.2) is 8.78 Å². The quantitative estimate of drug-likeness (QED) is 0.435. The van der Waals surface area contributed by atoms with Crippen molar-refractivity contribution < 1.29 is 8.78 Å². The molecule has 0 aliphatic heterocycles. The van der Waals surface area contributed by atoms with E-state index in [1.54, 1.807) is 18.2 Å². The molecule has 0 saturated heterocycles. The Morgan fingerprint density at radius 1 is 0.968 bits per heavy atom. The van der Waals surface area contributed by atoms with Crippen LogP contribution in [-0.4, -0.2) is 13.1 Å². The number of nitrogens with one attached hydrogen (secondary N) is 1. The van der Waals surface area contributed by atoms with Crippen molar-refractivity contribution in [1.29, 1.82) is 0 Å². The smallest absolute Gasteiger partial charge is 0.123 e. The lowest BCUT2D eigenvalue weighted by Gasteiger charge is -2.32. The van der Waals surface area contributed by atoms with Crippen LogP contribution in [0.2, 0.25) is 0 Å². The van der Waals surface area contributed by atoms with Gasteiger partial charge in [0, 0.05) is 0 Å². The lowest BCUT2D eigenvalue weighted by Crippen LogP contribution is -2.34. The van der Waals surface area contributed by atoms with E-state index < -0.39 is 0 Å². The van der Waals surface area contributed by atoms with Crippen molar-refractivity contribution in [3.05, 3.63) is 70.8 Å². The van der Waals surface area contributed by atoms with Crippen LogP contribution < -0.4 is 5.32 Å². The first-order valence-corrected chi connectivity index (χ1v) is 12.1. The molecular weight excluding hydrogens is 388 g/mol. The summed E-state index contributed by atoms with van der Waals surface area (Å²) >= 11 is 0. The molecule has 3 rings (SSSR count). The molecule has 0 bridgehead atoms. The Morgan fingerprint density at radius 3 is 2.39 bits per heavy atom. The molecule has 1 aromatic rings. The number of allylic oxidation sites excluding steroid dienone is 5. The van der Waals surface area contributed by atoms with Gasteiger partial charge in [-0.05, 0) is 122 Å². The van der Waals surface area contributed by atoms with Crippen LogP contribution in [0.4, 0.5) is 8.78 Å². The molecule has 2 aliphatic rings. The van der Waals surface area contributed by atoms with Crippen LogP contribution in [0.3, 0.4) is 0 Å². The van der Waals surface area contributed by atoms with Gasteiger partial charge in [0.2, 0.25) is 0 Å². The van der Waals surface area contributed by atoms with Crippen LogP contribution >= 0.6 is 0 Å². The average molecular weight is 428 g/mol. The van der Waals surface area contributed by atoms with Crippen LogP contribution in [0.1, 0.15) is 64.0 Å². The summed E-state index contributed by atoms with van der Waals surface area (Å²) in [6.07, 6.45) is 14.1. The molecule has 3 heteroatoms. The number of benzene rings is 1. The monoisotopic (exact) mass is 427 g/mol. The second-order valence-corrected chi connectivity index (χ2v) is 9.69. The van der Waals surface area contributed by atoms with Gasteiger partial charge in [0.15, 0.2) is 0 Å². The standard InChI is InChI=1S/C28H39F2N/c1-4-5-6-25-15-23(8-7-22(25)13-14-29)20(2)18-31-19-21(3)24-9-10-27-17-28(30)12-11-26(27)16-24/h5-6,11-14,17,20-21,23-24,31H,4,7-10,15-16,18-19H2,1-3H3/b6-5-,14-13+. The van der Waals surface area contributed by atoms with Crippen LogP contribution in [0.5, 0.6) is 0 Å². The normalized spacial score (nSPS) is 24.0. The van der Waals surface area contributed by atoms with Gasteiger partial charge in [0.05, 0.1) is 6.33 Å². The molecule has 0 saturated carbocycles. The van der Waals surface area contributed by atoms with E-state index in [9.17, 15) is 8.78 Å². The maximum absolute atomic E-state index is 13.5. The summed E-state index contributed by atoms with van der Waals surface area (Å²) in [5.41, 5.74) is 5.00. The van der Waals surface area contributed by atoms with Gasteiger partial charge in [0.25, 0.3) is 0 Å². The zero-order valence-electron chi connectivity index (χ0n) is 19.5. The van der Waals surface area contributed by atoms with E-state index in [4.69, 9.17) is 0 Å². The minimum absolute atomic E-state index is 0.111. The Bertz CT molecular complexity index is 807. The molecule has 0 radical (unpaired) electrons. The summed E-state index contributed by atoms with van der Waals surface area (Å²) in [5, 5.41) is 3.74. The molecule has 31 heavy (non-hydrogen) atoms. The summed E-state index contributed by atoms with van der Waals surface area (Å²) in [6, 6.07) is 5.29. The third-order valence-corrected chi connectivity index (χ3v) is 7.47. The third kappa shape index (κ3) is 6.62. The molecule has 0 fully saturated rings. The second-order valence-electron chi connectivity index (χ2n) is 9.69. The number of rotatable bonds is 9. The van der Waals surface area contributed by atoms with Gasteiger partial charge in [-0.3, -0.25) is 0 Å². The molecule has 1 aromatic carbocycles. The number of hydrogen-bond donors (Lipinski definition) is 1. The van der Waals surface area contributed by atoms with Gasteiger partial charge in [-0.1, -0.05) is 39.0 Å². The number of fused-ring (bicyclic) bond motifs is 1. The lowest BCUT2D eigenvalue weighted by molar-refractivity contribution is 0.276. The van der Waals surface area contributed by atoms with Crippen molar-refractivity contribution in [1.82, 2.24) is 5.32 Å². The van der Waals surface area contributed by atoms with Crippen LogP contribution in [0, 0.1) is 29.5 Å². The molecule has 170 valence electrons. The molecule has 0 heterocycles. The highest BCUT2D eigenvalue weighted by Gasteiger charge is 2.26. The fourth-order valence-electron chi connectivity index (χ4n) is 5.31. The molecule has 2 aliphatic carbocycles. The van der Waals surface area contributed by atoms with Gasteiger partial charge >= 0.3 is 0 Å². The number of halogens is 2. The SMILES string of the molecule is CC/C=C\C1=C(/C=C/F)CCC(C(C)CNCC(C)C2CCc3cc(F)ccc3C2)C1. The van der Waals surface area contributed by atoms with Crippen molar-refractivity contribution in [3.8, 4) is 0 Å². The van der Waals surface area contributed by atoms with Gasteiger partial charge in [0.1, 0.15) is 5.82 Å². The summed E-state index contributed by atoms with van der Waals surface area (Å²) in [4.78, 5) is 0.